The van der Waals surface area contributed by atoms with Crippen molar-refractivity contribution in [1.82, 2.24) is 24.5 Å². The van der Waals surface area contributed by atoms with Gasteiger partial charge >= 0.3 is 5.97 Å². The number of hydrogen-bond donors (Lipinski definition) is 2. The molecule has 0 amide bonds. The minimum Gasteiger partial charge on any atom is -0.464 e. The molecule has 0 saturated carbocycles. The first-order chi connectivity index (χ1) is 17.0. The third kappa shape index (κ3) is 4.66. The summed E-state index contributed by atoms with van der Waals surface area (Å²) in [6, 6.07) is 2.36. The fourth-order valence-corrected chi connectivity index (χ4v) is 4.03. The molecular formula is C22H22F2N8O3S. The molecule has 3 heterocycles. The average Bonchev–Trinajstić information content (AvgIpc) is 3.23. The highest BCUT2D eigenvalue weighted by atomic mass is 32.2. The maximum absolute atomic E-state index is 14.9. The van der Waals surface area contributed by atoms with E-state index in [1.165, 1.54) is 30.8 Å². The molecule has 0 aliphatic carbocycles. The minimum absolute atomic E-state index is 0.186. The third-order valence-corrected chi connectivity index (χ3v) is 5.67. The minimum atomic E-state index is -2.72. The van der Waals surface area contributed by atoms with Crippen molar-refractivity contribution in [1.29, 1.82) is 0 Å². The predicted molar refractivity (Wildman–Crippen MR) is 132 cm³/mol. The summed E-state index contributed by atoms with van der Waals surface area (Å²) in [4.78, 5) is 30.0. The lowest BCUT2D eigenvalue weighted by Gasteiger charge is -2.15. The second kappa shape index (κ2) is 9.45. The molecule has 2 N–H and O–H groups in total. The van der Waals surface area contributed by atoms with Gasteiger partial charge in [0.15, 0.2) is 29.0 Å². The number of nitrogens with zero attached hydrogens (tertiary/aromatic N) is 6. The molecule has 4 rings (SSSR count). The monoisotopic (exact) mass is 516 g/mol. The van der Waals surface area contributed by atoms with Gasteiger partial charge in [0, 0.05) is 42.5 Å². The van der Waals surface area contributed by atoms with E-state index < -0.39 is 33.0 Å². The number of nitrogens with one attached hydrogen (secondary N) is 2. The van der Waals surface area contributed by atoms with Crippen molar-refractivity contribution in [2.75, 3.05) is 37.3 Å². The summed E-state index contributed by atoms with van der Waals surface area (Å²) < 4.78 is 51.7. The standard InChI is InChI=1S/C22H22F2N8O3S/c1-25-20-18(11-8-26-9-14-17(11)27-10-32(14)2)29-19(22(33)35-3)21(30-20)28-12-6-7-13(16(24)15(12)23)31-36(4,5)34/h6-10H,1-5H3,(H2,25,28,30). The SMILES string of the molecule is CNc1nc(Nc2ccc(N=S(C)(C)=O)c(F)c2F)c(C(=O)OC)nc1-c1cncc2c1ncn2C. The first-order valence-electron chi connectivity index (χ1n) is 10.4. The lowest BCUT2D eigenvalue weighted by atomic mass is 10.1. The topological polar surface area (TPSA) is 136 Å². The lowest BCUT2D eigenvalue weighted by Crippen LogP contribution is -2.14. The van der Waals surface area contributed by atoms with E-state index in [0.717, 1.165) is 12.6 Å². The Kier molecular flexibility index (Phi) is 6.54. The molecule has 0 radical (unpaired) electrons. The van der Waals surface area contributed by atoms with Gasteiger partial charge in [-0.3, -0.25) is 4.98 Å². The number of rotatable bonds is 6. The number of hydrogen-bond acceptors (Lipinski definition) is 10. The van der Waals surface area contributed by atoms with Crippen molar-refractivity contribution >= 4 is 49.7 Å². The number of aryl methyl sites for hydroxylation is 1. The Morgan fingerprint density at radius 3 is 2.56 bits per heavy atom. The van der Waals surface area contributed by atoms with E-state index in [2.05, 4.69) is 34.9 Å². The maximum Gasteiger partial charge on any atom is 0.360 e. The second-order valence-electron chi connectivity index (χ2n) is 7.93. The molecule has 0 spiro atoms. The molecular weight excluding hydrogens is 494 g/mol. The molecule has 0 bridgehead atoms. The summed E-state index contributed by atoms with van der Waals surface area (Å²) in [5.74, 6) is -3.43. The van der Waals surface area contributed by atoms with Crippen LogP contribution in [0.1, 0.15) is 10.5 Å². The van der Waals surface area contributed by atoms with E-state index in [1.54, 1.807) is 24.1 Å². The maximum atomic E-state index is 14.9. The van der Waals surface area contributed by atoms with Crippen molar-refractivity contribution in [2.24, 2.45) is 11.4 Å². The van der Waals surface area contributed by atoms with Crippen LogP contribution in [0.2, 0.25) is 0 Å². The number of pyridine rings is 1. The highest BCUT2D eigenvalue weighted by molar-refractivity contribution is 7.92. The molecule has 14 heteroatoms. The van der Waals surface area contributed by atoms with Crippen LogP contribution in [0, 0.1) is 11.6 Å². The van der Waals surface area contributed by atoms with Crippen molar-refractivity contribution in [3.8, 4) is 11.3 Å². The van der Waals surface area contributed by atoms with Crippen molar-refractivity contribution in [3.63, 3.8) is 0 Å². The molecule has 0 aliphatic rings. The van der Waals surface area contributed by atoms with Crippen LogP contribution in [0.15, 0.2) is 35.2 Å². The van der Waals surface area contributed by atoms with Crippen LogP contribution < -0.4 is 10.6 Å². The quantitative estimate of drug-likeness (QED) is 0.368. The Balaban J connectivity index is 1.87. The molecule has 1 aromatic carbocycles. The van der Waals surface area contributed by atoms with Crippen LogP contribution in [-0.4, -0.2) is 61.4 Å². The lowest BCUT2D eigenvalue weighted by molar-refractivity contribution is 0.0595. The van der Waals surface area contributed by atoms with Gasteiger partial charge in [-0.05, 0) is 12.1 Å². The van der Waals surface area contributed by atoms with E-state index in [0.29, 0.717) is 11.1 Å². The van der Waals surface area contributed by atoms with E-state index in [9.17, 15) is 17.8 Å². The Bertz CT molecular complexity index is 1620. The summed E-state index contributed by atoms with van der Waals surface area (Å²) in [5.41, 5.74) is 1.03. The number of esters is 1. The number of halogens is 2. The van der Waals surface area contributed by atoms with Gasteiger partial charge in [-0.2, -0.15) is 4.36 Å². The molecule has 0 unspecified atom stereocenters. The van der Waals surface area contributed by atoms with Crippen LogP contribution >= 0.6 is 0 Å². The number of ether oxygens (including phenoxy) is 1. The van der Waals surface area contributed by atoms with E-state index in [-0.39, 0.29) is 28.7 Å². The van der Waals surface area contributed by atoms with E-state index in [4.69, 9.17) is 4.74 Å². The zero-order chi connectivity index (χ0) is 26.2. The van der Waals surface area contributed by atoms with Gasteiger partial charge in [-0.15, -0.1) is 0 Å². The van der Waals surface area contributed by atoms with Gasteiger partial charge < -0.3 is 19.9 Å². The normalized spacial score (nSPS) is 11.4. The Hall–Kier alpha value is -4.20. The number of imidazole rings is 1. The Morgan fingerprint density at radius 1 is 1.14 bits per heavy atom. The molecule has 11 nitrogen and oxygen atoms in total. The Morgan fingerprint density at radius 2 is 1.89 bits per heavy atom. The van der Waals surface area contributed by atoms with Crippen molar-refractivity contribution in [2.45, 2.75) is 0 Å². The fourth-order valence-electron chi connectivity index (χ4n) is 3.41. The molecule has 0 fully saturated rings. The van der Waals surface area contributed by atoms with Crippen LogP contribution in [0.5, 0.6) is 0 Å². The molecule has 0 atom stereocenters. The number of aromatic nitrogens is 5. The van der Waals surface area contributed by atoms with Crippen molar-refractivity contribution < 1.29 is 22.5 Å². The number of benzene rings is 1. The van der Waals surface area contributed by atoms with E-state index >= 15 is 0 Å². The van der Waals surface area contributed by atoms with Gasteiger partial charge in [0.25, 0.3) is 0 Å². The van der Waals surface area contributed by atoms with Crippen LogP contribution in [0.3, 0.4) is 0 Å². The highest BCUT2D eigenvalue weighted by Crippen LogP contribution is 2.34. The molecule has 0 saturated heterocycles. The molecule has 4 aromatic rings. The first kappa shape index (κ1) is 24.9. The predicted octanol–water partition coefficient (Wildman–Crippen LogP) is 3.63. The Labute approximate surface area is 205 Å². The van der Waals surface area contributed by atoms with E-state index in [1.807, 2.05) is 7.05 Å². The first-order valence-corrected chi connectivity index (χ1v) is 12.7. The largest absolute Gasteiger partial charge is 0.464 e. The summed E-state index contributed by atoms with van der Waals surface area (Å²) in [7, 11) is 1.83. The van der Waals surface area contributed by atoms with Gasteiger partial charge in [0.2, 0.25) is 0 Å². The molecule has 36 heavy (non-hydrogen) atoms. The van der Waals surface area contributed by atoms with Gasteiger partial charge in [0.05, 0.1) is 36.4 Å². The molecule has 3 aromatic heterocycles. The summed E-state index contributed by atoms with van der Waals surface area (Å²) in [6.07, 6.45) is 7.39. The zero-order valence-electron chi connectivity index (χ0n) is 20.0. The number of fused-ring (bicyclic) bond motifs is 1. The van der Waals surface area contributed by atoms with Gasteiger partial charge in [-0.25, -0.2) is 32.7 Å². The zero-order valence-corrected chi connectivity index (χ0v) is 20.8. The van der Waals surface area contributed by atoms with Crippen LogP contribution in [0.4, 0.5) is 31.8 Å². The fraction of sp³-hybridized carbons (Fsp3) is 0.227. The molecule has 188 valence electrons. The van der Waals surface area contributed by atoms with Crippen LogP contribution in [-0.2, 0) is 21.5 Å². The smallest absolute Gasteiger partial charge is 0.360 e. The van der Waals surface area contributed by atoms with Gasteiger partial charge in [-0.1, -0.05) is 0 Å². The number of anilines is 3. The van der Waals surface area contributed by atoms with Gasteiger partial charge in [0.1, 0.15) is 16.9 Å². The summed E-state index contributed by atoms with van der Waals surface area (Å²) in [5, 5.41) is 5.50. The average molecular weight is 517 g/mol. The molecule has 0 aliphatic heterocycles. The number of methoxy groups -OCH3 is 1. The summed E-state index contributed by atoms with van der Waals surface area (Å²) >= 11 is 0. The van der Waals surface area contributed by atoms with Crippen molar-refractivity contribution in [3.05, 3.63) is 48.2 Å². The third-order valence-electron chi connectivity index (χ3n) is 5.04. The highest BCUT2D eigenvalue weighted by Gasteiger charge is 2.24. The summed E-state index contributed by atoms with van der Waals surface area (Å²) in [6.45, 7) is 0. The number of carbonyl (C=O) groups is 1. The second-order valence-corrected chi connectivity index (χ2v) is 10.5. The van der Waals surface area contributed by atoms with Crippen LogP contribution in [0.25, 0.3) is 22.3 Å². The number of carbonyl (C=O) groups excluding carboxylic acids is 1.